The van der Waals surface area contributed by atoms with Crippen LogP contribution >= 0.6 is 22.7 Å². The highest BCUT2D eigenvalue weighted by atomic mass is 32.1. The summed E-state index contributed by atoms with van der Waals surface area (Å²) in [5, 5.41) is 5.39. The zero-order valence-electron chi connectivity index (χ0n) is 14.1. The number of nitrogens with zero attached hydrogens (tertiary/aromatic N) is 3. The van der Waals surface area contributed by atoms with Gasteiger partial charge in [-0.1, -0.05) is 12.1 Å². The lowest BCUT2D eigenvalue weighted by Crippen LogP contribution is -2.48. The van der Waals surface area contributed by atoms with E-state index >= 15 is 0 Å². The smallest absolute Gasteiger partial charge is 0.223 e. The number of benzene rings is 1. The fourth-order valence-corrected chi connectivity index (χ4v) is 4.82. The SMILES string of the molecule is O=C(CCc1nc2ccccc2s1)N1CCN(Cc2ccsc2)CC1. The second-order valence-electron chi connectivity index (χ2n) is 6.36. The molecular weight excluding hydrogens is 350 g/mol. The van der Waals surface area contributed by atoms with Crippen LogP contribution in [0.1, 0.15) is 17.0 Å². The van der Waals surface area contributed by atoms with Gasteiger partial charge in [0.2, 0.25) is 5.91 Å². The van der Waals surface area contributed by atoms with E-state index < -0.39 is 0 Å². The van der Waals surface area contributed by atoms with E-state index in [1.807, 2.05) is 23.1 Å². The highest BCUT2D eigenvalue weighted by Crippen LogP contribution is 2.22. The maximum atomic E-state index is 12.5. The van der Waals surface area contributed by atoms with Crippen molar-refractivity contribution in [2.45, 2.75) is 19.4 Å². The van der Waals surface area contributed by atoms with Crippen LogP contribution in [0.3, 0.4) is 0 Å². The maximum absolute atomic E-state index is 12.5. The van der Waals surface area contributed by atoms with Gasteiger partial charge in [0.15, 0.2) is 0 Å². The molecule has 0 N–H and O–H groups in total. The predicted octanol–water partition coefficient (Wildman–Crippen LogP) is 3.63. The van der Waals surface area contributed by atoms with Crippen molar-refractivity contribution in [2.24, 2.45) is 0 Å². The number of amides is 1. The van der Waals surface area contributed by atoms with Gasteiger partial charge in [0.25, 0.3) is 0 Å². The molecule has 1 aliphatic rings. The van der Waals surface area contributed by atoms with Crippen molar-refractivity contribution >= 4 is 38.8 Å². The second kappa shape index (κ2) is 7.64. The molecule has 0 aliphatic carbocycles. The Balaban J connectivity index is 1.26. The fraction of sp³-hybridized carbons (Fsp3) is 0.368. The van der Waals surface area contributed by atoms with Crippen LogP contribution in [-0.4, -0.2) is 46.9 Å². The van der Waals surface area contributed by atoms with Gasteiger partial charge in [-0.2, -0.15) is 11.3 Å². The number of aromatic nitrogens is 1. The summed E-state index contributed by atoms with van der Waals surface area (Å²) in [7, 11) is 0. The van der Waals surface area contributed by atoms with Gasteiger partial charge in [0.1, 0.15) is 0 Å². The van der Waals surface area contributed by atoms with Gasteiger partial charge in [-0.25, -0.2) is 4.98 Å². The summed E-state index contributed by atoms with van der Waals surface area (Å²) in [5.74, 6) is 0.259. The van der Waals surface area contributed by atoms with Crippen molar-refractivity contribution in [2.75, 3.05) is 26.2 Å². The molecule has 0 radical (unpaired) electrons. The largest absolute Gasteiger partial charge is 0.340 e. The minimum atomic E-state index is 0.259. The summed E-state index contributed by atoms with van der Waals surface area (Å²) < 4.78 is 1.20. The molecular formula is C19H21N3OS2. The lowest BCUT2D eigenvalue weighted by molar-refractivity contribution is -0.133. The number of aryl methyl sites for hydroxylation is 1. The first-order valence-electron chi connectivity index (χ1n) is 8.63. The summed E-state index contributed by atoms with van der Waals surface area (Å²) in [6.45, 7) is 4.59. The molecule has 0 atom stereocenters. The van der Waals surface area contributed by atoms with Crippen molar-refractivity contribution in [3.8, 4) is 0 Å². The summed E-state index contributed by atoms with van der Waals surface area (Å²) in [5.41, 5.74) is 2.41. The first kappa shape index (κ1) is 16.7. The van der Waals surface area contributed by atoms with Crippen LogP contribution < -0.4 is 0 Å². The molecule has 4 rings (SSSR count). The summed E-state index contributed by atoms with van der Waals surface area (Å²) in [4.78, 5) is 21.6. The Morgan fingerprint density at radius 3 is 2.72 bits per heavy atom. The van der Waals surface area contributed by atoms with Crippen LogP contribution in [0.5, 0.6) is 0 Å². The average molecular weight is 372 g/mol. The molecule has 1 fully saturated rings. The third kappa shape index (κ3) is 4.08. The zero-order valence-corrected chi connectivity index (χ0v) is 15.7. The van der Waals surface area contributed by atoms with E-state index in [2.05, 4.69) is 32.8 Å². The van der Waals surface area contributed by atoms with Gasteiger partial charge in [-0.15, -0.1) is 11.3 Å². The highest BCUT2D eigenvalue weighted by molar-refractivity contribution is 7.18. The number of thiophene rings is 1. The van der Waals surface area contributed by atoms with Crippen molar-refractivity contribution < 1.29 is 4.79 Å². The third-order valence-electron chi connectivity index (χ3n) is 4.60. The van der Waals surface area contributed by atoms with Crippen LogP contribution in [0.15, 0.2) is 41.1 Å². The molecule has 4 nitrogen and oxygen atoms in total. The monoisotopic (exact) mass is 371 g/mol. The minimum Gasteiger partial charge on any atom is -0.340 e. The number of hydrogen-bond acceptors (Lipinski definition) is 5. The van der Waals surface area contributed by atoms with Crippen LogP contribution in [0.2, 0.25) is 0 Å². The number of para-hydroxylation sites is 1. The van der Waals surface area contributed by atoms with Crippen LogP contribution in [0, 0.1) is 0 Å². The van der Waals surface area contributed by atoms with Crippen molar-refractivity contribution in [3.05, 3.63) is 51.7 Å². The quantitative estimate of drug-likeness (QED) is 0.687. The lowest BCUT2D eigenvalue weighted by Gasteiger charge is -2.34. The molecule has 1 saturated heterocycles. The Labute approximate surface area is 155 Å². The zero-order chi connectivity index (χ0) is 17.1. The summed E-state index contributed by atoms with van der Waals surface area (Å²) in [6, 6.07) is 10.3. The van der Waals surface area contributed by atoms with Gasteiger partial charge in [0, 0.05) is 45.6 Å². The number of rotatable bonds is 5. The summed E-state index contributed by atoms with van der Waals surface area (Å²) in [6.07, 6.45) is 1.30. The Morgan fingerprint density at radius 2 is 1.96 bits per heavy atom. The Morgan fingerprint density at radius 1 is 1.12 bits per heavy atom. The molecule has 0 saturated carbocycles. The first-order valence-corrected chi connectivity index (χ1v) is 10.4. The number of thiazole rings is 1. The van der Waals surface area contributed by atoms with E-state index in [4.69, 9.17) is 0 Å². The van der Waals surface area contributed by atoms with Crippen molar-refractivity contribution in [1.82, 2.24) is 14.8 Å². The first-order chi connectivity index (χ1) is 12.3. The van der Waals surface area contributed by atoms with Gasteiger partial charge in [0.05, 0.1) is 15.2 Å². The Bertz CT molecular complexity index is 802. The molecule has 130 valence electrons. The molecule has 0 bridgehead atoms. The highest BCUT2D eigenvalue weighted by Gasteiger charge is 2.21. The van der Waals surface area contributed by atoms with E-state index in [1.54, 1.807) is 22.7 Å². The molecule has 2 aromatic heterocycles. The molecule has 6 heteroatoms. The minimum absolute atomic E-state index is 0.259. The lowest BCUT2D eigenvalue weighted by atomic mass is 10.2. The van der Waals surface area contributed by atoms with Gasteiger partial charge < -0.3 is 4.90 Å². The van der Waals surface area contributed by atoms with Crippen molar-refractivity contribution in [1.29, 1.82) is 0 Å². The van der Waals surface area contributed by atoms with Crippen LogP contribution in [0.25, 0.3) is 10.2 Å². The third-order valence-corrected chi connectivity index (χ3v) is 6.43. The Kier molecular flexibility index (Phi) is 5.10. The average Bonchev–Trinajstić information content (AvgIpc) is 3.29. The molecule has 3 aromatic rings. The molecule has 1 amide bonds. The van der Waals surface area contributed by atoms with Crippen LogP contribution in [0.4, 0.5) is 0 Å². The number of carbonyl (C=O) groups excluding carboxylic acids is 1. The second-order valence-corrected chi connectivity index (χ2v) is 8.26. The normalized spacial score (nSPS) is 15.8. The van der Waals surface area contributed by atoms with E-state index in [0.717, 1.165) is 49.7 Å². The fourth-order valence-electron chi connectivity index (χ4n) is 3.20. The molecule has 3 heterocycles. The molecule has 1 aliphatic heterocycles. The number of carbonyl (C=O) groups is 1. The molecule has 25 heavy (non-hydrogen) atoms. The van der Waals surface area contributed by atoms with Gasteiger partial charge >= 0.3 is 0 Å². The van der Waals surface area contributed by atoms with E-state index in [9.17, 15) is 4.79 Å². The maximum Gasteiger partial charge on any atom is 0.223 e. The Hall–Kier alpha value is -1.76. The van der Waals surface area contributed by atoms with Crippen LogP contribution in [-0.2, 0) is 17.8 Å². The topological polar surface area (TPSA) is 36.4 Å². The molecule has 1 aromatic carbocycles. The predicted molar refractivity (Wildman–Crippen MR) is 104 cm³/mol. The number of fused-ring (bicyclic) bond motifs is 1. The van der Waals surface area contributed by atoms with E-state index in [1.165, 1.54) is 10.3 Å². The standard InChI is InChI=1S/C19H21N3OS2/c23-19(6-5-18-20-16-3-1-2-4-17(16)25-18)22-10-8-21(9-11-22)13-15-7-12-24-14-15/h1-4,7,12,14H,5-6,8-11,13H2. The van der Waals surface area contributed by atoms with Gasteiger partial charge in [-0.3, -0.25) is 9.69 Å². The molecule has 0 spiro atoms. The number of piperazine rings is 1. The van der Waals surface area contributed by atoms with E-state index in [0.29, 0.717) is 6.42 Å². The van der Waals surface area contributed by atoms with Crippen molar-refractivity contribution in [3.63, 3.8) is 0 Å². The number of hydrogen-bond donors (Lipinski definition) is 0. The molecule has 0 unspecified atom stereocenters. The van der Waals surface area contributed by atoms with E-state index in [-0.39, 0.29) is 5.91 Å². The van der Waals surface area contributed by atoms with Gasteiger partial charge in [-0.05, 0) is 34.5 Å². The summed E-state index contributed by atoms with van der Waals surface area (Å²) >= 11 is 3.44.